The van der Waals surface area contributed by atoms with Gasteiger partial charge in [0.15, 0.2) is 11.4 Å². The summed E-state index contributed by atoms with van der Waals surface area (Å²) in [6.07, 6.45) is 2.58. The molecule has 4 heterocycles. The molecule has 2 aromatic rings. The van der Waals surface area contributed by atoms with Gasteiger partial charge in [-0.25, -0.2) is 0 Å². The summed E-state index contributed by atoms with van der Waals surface area (Å²) < 4.78 is 5.47. The van der Waals surface area contributed by atoms with E-state index < -0.39 is 0 Å². The molecule has 6 heteroatoms. The lowest BCUT2D eigenvalue weighted by Gasteiger charge is -2.44. The van der Waals surface area contributed by atoms with Crippen molar-refractivity contribution in [1.82, 2.24) is 10.1 Å². The molecule has 1 N–H and O–H groups in total. The first kappa shape index (κ1) is 14.9. The minimum absolute atomic E-state index is 0. The van der Waals surface area contributed by atoms with Gasteiger partial charge in [0.25, 0.3) is 0 Å². The molecule has 3 aliphatic rings. The van der Waals surface area contributed by atoms with Gasteiger partial charge < -0.3 is 14.7 Å². The molecule has 3 fully saturated rings. The number of aryl methyl sites for hydroxylation is 1. The minimum Gasteiger partial charge on any atom is -0.362 e. The Morgan fingerprint density at radius 3 is 2.76 bits per heavy atom. The van der Waals surface area contributed by atoms with Gasteiger partial charge in [0.1, 0.15) is 0 Å². The molecule has 0 radical (unpaired) electrons. The molecule has 21 heavy (non-hydrogen) atoms. The maximum Gasteiger partial charge on any atom is 0.177 e. The molecule has 114 valence electrons. The summed E-state index contributed by atoms with van der Waals surface area (Å²) in [7, 11) is 0. The van der Waals surface area contributed by atoms with Crippen molar-refractivity contribution in [3.63, 3.8) is 0 Å². The van der Waals surface area contributed by atoms with Gasteiger partial charge in [0, 0.05) is 23.2 Å². The van der Waals surface area contributed by atoms with Crippen LogP contribution >= 0.6 is 24.0 Å². The molecule has 0 saturated carbocycles. The molecule has 4 nitrogen and oxygen atoms in total. The number of nitrogens with one attached hydrogen (secondary N) is 1. The van der Waals surface area contributed by atoms with Crippen molar-refractivity contribution in [3.8, 4) is 0 Å². The summed E-state index contributed by atoms with van der Waals surface area (Å²) in [5.74, 6) is 1.62. The van der Waals surface area contributed by atoms with Crippen LogP contribution in [0.15, 0.2) is 16.7 Å². The molecule has 0 aliphatic carbocycles. The van der Waals surface area contributed by atoms with E-state index in [-0.39, 0.29) is 12.4 Å². The third kappa shape index (κ3) is 2.50. The predicted molar refractivity (Wildman–Crippen MR) is 87.6 cm³/mol. The highest BCUT2D eigenvalue weighted by atomic mass is 35.5. The van der Waals surface area contributed by atoms with Gasteiger partial charge in [-0.15, -0.1) is 12.4 Å². The van der Waals surface area contributed by atoms with Gasteiger partial charge in [-0.3, -0.25) is 0 Å². The number of piperidine rings is 3. The third-order valence-electron chi connectivity index (χ3n) is 4.80. The van der Waals surface area contributed by atoms with E-state index in [0.717, 1.165) is 39.8 Å². The molecule has 2 bridgehead atoms. The second-order valence-corrected chi connectivity index (χ2v) is 6.38. The van der Waals surface area contributed by atoms with Crippen molar-refractivity contribution in [1.29, 1.82) is 0 Å². The van der Waals surface area contributed by atoms with Gasteiger partial charge in [-0.2, -0.15) is 0 Å². The maximum atomic E-state index is 6.13. The van der Waals surface area contributed by atoms with Crippen LogP contribution in [0.5, 0.6) is 0 Å². The predicted octanol–water partition coefficient (Wildman–Crippen LogP) is 3.72. The standard InChI is InChI=1S/C15H18ClN3O.ClH/c1-9-12(16)3-2-11-14(9)20-18-15(11)17-13-8-19-6-4-10(13)5-7-19;/h2-3,10,13H,4-8H2,1H3,(H,17,18);1H. The van der Waals surface area contributed by atoms with E-state index >= 15 is 0 Å². The second-order valence-electron chi connectivity index (χ2n) is 5.97. The first-order valence-corrected chi connectivity index (χ1v) is 7.63. The van der Waals surface area contributed by atoms with Gasteiger partial charge in [-0.05, 0) is 50.9 Å². The quantitative estimate of drug-likeness (QED) is 0.912. The number of nitrogens with zero attached hydrogens (tertiary/aromatic N) is 2. The molecule has 1 atom stereocenters. The lowest BCUT2D eigenvalue weighted by Crippen LogP contribution is -2.53. The van der Waals surface area contributed by atoms with Crippen LogP contribution in [0.2, 0.25) is 5.02 Å². The number of fused-ring (bicyclic) bond motifs is 4. The van der Waals surface area contributed by atoms with Crippen molar-refractivity contribution in [2.24, 2.45) is 5.92 Å². The Morgan fingerprint density at radius 2 is 2.10 bits per heavy atom. The third-order valence-corrected chi connectivity index (χ3v) is 5.21. The molecule has 5 rings (SSSR count). The molecule has 0 spiro atoms. The molecule has 1 aromatic carbocycles. The monoisotopic (exact) mass is 327 g/mol. The van der Waals surface area contributed by atoms with Crippen LogP contribution in [0.25, 0.3) is 11.0 Å². The van der Waals surface area contributed by atoms with Crippen LogP contribution in [0.1, 0.15) is 18.4 Å². The van der Waals surface area contributed by atoms with Crippen LogP contribution in [0.4, 0.5) is 5.82 Å². The number of benzene rings is 1. The van der Waals surface area contributed by atoms with E-state index in [1.165, 1.54) is 25.9 Å². The fraction of sp³-hybridized carbons (Fsp3) is 0.533. The van der Waals surface area contributed by atoms with Crippen LogP contribution in [-0.4, -0.2) is 35.7 Å². The number of hydrogen-bond donors (Lipinski definition) is 1. The molecular weight excluding hydrogens is 309 g/mol. The zero-order valence-electron chi connectivity index (χ0n) is 11.9. The van der Waals surface area contributed by atoms with Crippen molar-refractivity contribution in [2.75, 3.05) is 25.0 Å². The molecule has 0 amide bonds. The van der Waals surface area contributed by atoms with Crippen molar-refractivity contribution in [3.05, 3.63) is 22.7 Å². The normalized spacial score (nSPS) is 27.6. The second kappa shape index (κ2) is 5.67. The zero-order chi connectivity index (χ0) is 13.7. The zero-order valence-corrected chi connectivity index (χ0v) is 13.5. The van der Waals surface area contributed by atoms with Crippen LogP contribution in [-0.2, 0) is 0 Å². The molecule has 3 aliphatic heterocycles. The molecule has 1 aromatic heterocycles. The van der Waals surface area contributed by atoms with Crippen molar-refractivity contribution in [2.45, 2.75) is 25.8 Å². The first-order valence-electron chi connectivity index (χ1n) is 7.26. The molecular formula is C15H19Cl2N3O. The van der Waals surface area contributed by atoms with E-state index in [1.807, 2.05) is 19.1 Å². The Morgan fingerprint density at radius 1 is 1.33 bits per heavy atom. The van der Waals surface area contributed by atoms with Crippen molar-refractivity contribution >= 4 is 40.8 Å². The minimum atomic E-state index is 0. The summed E-state index contributed by atoms with van der Waals surface area (Å²) in [5.41, 5.74) is 1.75. The summed E-state index contributed by atoms with van der Waals surface area (Å²) in [5, 5.41) is 9.56. The molecule has 3 saturated heterocycles. The van der Waals surface area contributed by atoms with Crippen LogP contribution in [0.3, 0.4) is 0 Å². The Labute approximate surface area is 135 Å². The number of aromatic nitrogens is 1. The first-order chi connectivity index (χ1) is 9.72. The van der Waals surface area contributed by atoms with E-state index in [1.54, 1.807) is 0 Å². The van der Waals surface area contributed by atoms with E-state index in [0.29, 0.717) is 6.04 Å². The Kier molecular flexibility index (Phi) is 4.04. The molecule has 1 unspecified atom stereocenters. The smallest absolute Gasteiger partial charge is 0.177 e. The lowest BCUT2D eigenvalue weighted by molar-refractivity contribution is 0.0973. The van der Waals surface area contributed by atoms with Crippen molar-refractivity contribution < 1.29 is 4.52 Å². The Bertz CT molecular complexity index is 650. The fourth-order valence-electron chi connectivity index (χ4n) is 3.52. The summed E-state index contributed by atoms with van der Waals surface area (Å²) >= 11 is 6.13. The number of anilines is 1. The highest BCUT2D eigenvalue weighted by Gasteiger charge is 2.34. The van der Waals surface area contributed by atoms with Gasteiger partial charge in [-0.1, -0.05) is 16.8 Å². The van der Waals surface area contributed by atoms with E-state index in [9.17, 15) is 0 Å². The highest BCUT2D eigenvalue weighted by molar-refractivity contribution is 6.32. The van der Waals surface area contributed by atoms with Gasteiger partial charge in [0.05, 0.1) is 5.39 Å². The Hall–Kier alpha value is -0.970. The largest absolute Gasteiger partial charge is 0.362 e. The average molecular weight is 328 g/mol. The number of rotatable bonds is 2. The average Bonchev–Trinajstić information content (AvgIpc) is 2.88. The number of halogens is 2. The Balaban J connectivity index is 0.00000132. The SMILES string of the molecule is Cc1c(Cl)ccc2c(NC3CN4CCC3CC4)noc12.Cl. The lowest BCUT2D eigenvalue weighted by atomic mass is 9.84. The highest BCUT2D eigenvalue weighted by Crippen LogP contribution is 2.33. The topological polar surface area (TPSA) is 41.3 Å². The van der Waals surface area contributed by atoms with Gasteiger partial charge in [0.2, 0.25) is 0 Å². The number of hydrogen-bond acceptors (Lipinski definition) is 4. The summed E-state index contributed by atoms with van der Waals surface area (Å²) in [6, 6.07) is 4.39. The summed E-state index contributed by atoms with van der Waals surface area (Å²) in [4.78, 5) is 2.53. The van der Waals surface area contributed by atoms with E-state index in [2.05, 4.69) is 15.4 Å². The van der Waals surface area contributed by atoms with Crippen LogP contribution in [0, 0.1) is 12.8 Å². The van der Waals surface area contributed by atoms with Gasteiger partial charge >= 0.3 is 0 Å². The van der Waals surface area contributed by atoms with E-state index in [4.69, 9.17) is 16.1 Å². The van der Waals surface area contributed by atoms with Crippen LogP contribution < -0.4 is 5.32 Å². The summed E-state index contributed by atoms with van der Waals surface area (Å²) in [6.45, 7) is 5.58. The fourth-order valence-corrected chi connectivity index (χ4v) is 3.67. The maximum absolute atomic E-state index is 6.13.